The zero-order valence-corrected chi connectivity index (χ0v) is 13.7. The maximum absolute atomic E-state index is 11.5. The summed E-state index contributed by atoms with van der Waals surface area (Å²) in [7, 11) is 4.14. The minimum absolute atomic E-state index is 0.282. The van der Waals surface area contributed by atoms with Crippen LogP contribution in [0.3, 0.4) is 0 Å². The lowest BCUT2D eigenvalue weighted by atomic mass is 10.0. The van der Waals surface area contributed by atoms with E-state index >= 15 is 0 Å². The minimum Gasteiger partial charge on any atom is -0.481 e. The second-order valence-corrected chi connectivity index (χ2v) is 6.72. The maximum Gasteiger partial charge on any atom is 0.307 e. The van der Waals surface area contributed by atoms with Crippen LogP contribution in [0.5, 0.6) is 0 Å². The Morgan fingerprint density at radius 2 is 2.22 bits per heavy atom. The van der Waals surface area contributed by atoms with E-state index in [0.29, 0.717) is 12.6 Å². The average molecular weight is 316 g/mol. The monoisotopic (exact) mass is 316 g/mol. The van der Waals surface area contributed by atoms with Gasteiger partial charge in [-0.1, -0.05) is 12.1 Å². The molecule has 3 rings (SSSR count). The molecule has 0 bridgehead atoms. The number of fused-ring (bicyclic) bond motifs is 1. The summed E-state index contributed by atoms with van der Waals surface area (Å²) in [6.07, 6.45) is 3.49. The molecular weight excluding hydrogens is 292 g/mol. The quantitative estimate of drug-likeness (QED) is 0.900. The third kappa shape index (κ3) is 3.71. The molecule has 124 valence electrons. The van der Waals surface area contributed by atoms with E-state index in [1.54, 1.807) is 0 Å². The zero-order chi connectivity index (χ0) is 16.4. The maximum atomic E-state index is 11.5. The number of carboxylic acids is 1. The van der Waals surface area contributed by atoms with Gasteiger partial charge in [-0.15, -0.1) is 0 Å². The summed E-state index contributed by atoms with van der Waals surface area (Å²) in [5.41, 5.74) is 2.21. The van der Waals surface area contributed by atoms with Crippen LogP contribution in [0.15, 0.2) is 24.4 Å². The SMILES string of the molecule is CN(C)[C@@H]1CC[C@H](C(=O)O)CN(Cc2ccc3cn[nH]c3c2)C1. The van der Waals surface area contributed by atoms with Gasteiger partial charge in [0.15, 0.2) is 0 Å². The first-order valence-electron chi connectivity index (χ1n) is 8.06. The molecule has 0 aliphatic carbocycles. The molecule has 2 heterocycles. The third-order valence-electron chi connectivity index (χ3n) is 4.79. The van der Waals surface area contributed by atoms with Crippen LogP contribution >= 0.6 is 0 Å². The fourth-order valence-corrected chi connectivity index (χ4v) is 3.35. The Kier molecular flexibility index (Phi) is 4.63. The van der Waals surface area contributed by atoms with Gasteiger partial charge >= 0.3 is 5.97 Å². The van der Waals surface area contributed by atoms with Gasteiger partial charge in [-0.05, 0) is 38.6 Å². The summed E-state index contributed by atoms with van der Waals surface area (Å²) in [5.74, 6) is -0.964. The van der Waals surface area contributed by atoms with Crippen molar-refractivity contribution < 1.29 is 9.90 Å². The Bertz CT molecular complexity index is 682. The molecule has 0 radical (unpaired) electrons. The normalized spacial score (nSPS) is 23.3. The molecule has 23 heavy (non-hydrogen) atoms. The number of hydrogen-bond acceptors (Lipinski definition) is 4. The van der Waals surface area contributed by atoms with Gasteiger partial charge in [0.2, 0.25) is 0 Å². The van der Waals surface area contributed by atoms with Crippen molar-refractivity contribution in [3.05, 3.63) is 30.0 Å². The van der Waals surface area contributed by atoms with E-state index < -0.39 is 5.97 Å². The van der Waals surface area contributed by atoms with Gasteiger partial charge in [0.05, 0.1) is 17.6 Å². The van der Waals surface area contributed by atoms with Crippen LogP contribution < -0.4 is 0 Å². The first-order valence-corrected chi connectivity index (χ1v) is 8.06. The first-order chi connectivity index (χ1) is 11.0. The smallest absolute Gasteiger partial charge is 0.307 e. The topological polar surface area (TPSA) is 72.5 Å². The summed E-state index contributed by atoms with van der Waals surface area (Å²) in [4.78, 5) is 15.9. The Morgan fingerprint density at radius 3 is 2.96 bits per heavy atom. The molecular formula is C17H24N4O2. The highest BCUT2D eigenvalue weighted by Crippen LogP contribution is 2.22. The van der Waals surface area contributed by atoms with Crippen LogP contribution in [0, 0.1) is 5.92 Å². The molecule has 1 fully saturated rings. The van der Waals surface area contributed by atoms with Gasteiger partial charge in [0.1, 0.15) is 0 Å². The summed E-state index contributed by atoms with van der Waals surface area (Å²) in [5, 5.41) is 17.6. The second kappa shape index (κ2) is 6.68. The van der Waals surface area contributed by atoms with Crippen molar-refractivity contribution in [3.8, 4) is 0 Å². The van der Waals surface area contributed by atoms with E-state index in [1.807, 2.05) is 6.20 Å². The summed E-state index contributed by atoms with van der Waals surface area (Å²) in [6.45, 7) is 2.28. The van der Waals surface area contributed by atoms with Crippen molar-refractivity contribution in [1.82, 2.24) is 20.0 Å². The lowest BCUT2D eigenvalue weighted by Crippen LogP contribution is -2.39. The Hall–Kier alpha value is -1.92. The number of carboxylic acid groups (broad SMARTS) is 1. The van der Waals surface area contributed by atoms with Crippen molar-refractivity contribution in [2.24, 2.45) is 5.92 Å². The molecule has 2 atom stereocenters. The lowest BCUT2D eigenvalue weighted by Gasteiger charge is -2.28. The highest BCUT2D eigenvalue weighted by atomic mass is 16.4. The summed E-state index contributed by atoms with van der Waals surface area (Å²) >= 11 is 0. The molecule has 1 aliphatic heterocycles. The minimum atomic E-state index is -0.682. The molecule has 2 aromatic rings. The number of benzene rings is 1. The molecule has 1 aromatic heterocycles. The van der Waals surface area contributed by atoms with Gasteiger partial charge in [-0.3, -0.25) is 14.8 Å². The fourth-order valence-electron chi connectivity index (χ4n) is 3.35. The predicted octanol–water partition coefficient (Wildman–Crippen LogP) is 1.79. The van der Waals surface area contributed by atoms with Crippen LogP contribution in [0.2, 0.25) is 0 Å². The van der Waals surface area contributed by atoms with Gasteiger partial charge in [0, 0.05) is 31.1 Å². The third-order valence-corrected chi connectivity index (χ3v) is 4.79. The zero-order valence-electron chi connectivity index (χ0n) is 13.7. The van der Waals surface area contributed by atoms with Crippen molar-refractivity contribution >= 4 is 16.9 Å². The largest absolute Gasteiger partial charge is 0.481 e. The number of rotatable bonds is 4. The Labute approximate surface area is 136 Å². The first kappa shape index (κ1) is 16.0. The number of nitrogens with one attached hydrogen (secondary N) is 1. The van der Waals surface area contributed by atoms with E-state index in [4.69, 9.17) is 0 Å². The molecule has 6 nitrogen and oxygen atoms in total. The van der Waals surface area contributed by atoms with Crippen molar-refractivity contribution in [1.29, 1.82) is 0 Å². The molecule has 0 amide bonds. The molecule has 0 spiro atoms. The number of aromatic nitrogens is 2. The number of aliphatic carboxylic acids is 1. The van der Waals surface area contributed by atoms with Gasteiger partial charge in [0.25, 0.3) is 0 Å². The summed E-state index contributed by atoms with van der Waals surface area (Å²) in [6, 6.07) is 6.66. The fraction of sp³-hybridized carbons (Fsp3) is 0.529. The molecule has 1 saturated heterocycles. The van der Waals surface area contributed by atoms with Crippen LogP contribution in [0.4, 0.5) is 0 Å². The van der Waals surface area contributed by atoms with E-state index in [1.165, 1.54) is 5.56 Å². The molecule has 0 unspecified atom stereocenters. The number of aromatic amines is 1. The molecule has 1 aliphatic rings. The average Bonchev–Trinajstić information content (AvgIpc) is 2.85. The van der Waals surface area contributed by atoms with Crippen molar-refractivity contribution in [2.45, 2.75) is 25.4 Å². The molecule has 2 N–H and O–H groups in total. The van der Waals surface area contributed by atoms with E-state index in [2.05, 4.69) is 52.3 Å². The van der Waals surface area contributed by atoms with E-state index in [9.17, 15) is 9.90 Å². The number of likely N-dealkylation sites (N-methyl/N-ethyl adjacent to an activating group) is 1. The number of likely N-dealkylation sites (tertiary alicyclic amines) is 1. The van der Waals surface area contributed by atoms with Crippen LogP contribution in [0.25, 0.3) is 10.9 Å². The van der Waals surface area contributed by atoms with Crippen molar-refractivity contribution in [2.75, 3.05) is 27.2 Å². The number of carbonyl (C=O) groups is 1. The van der Waals surface area contributed by atoms with Crippen LogP contribution in [-0.2, 0) is 11.3 Å². The number of nitrogens with zero attached hydrogens (tertiary/aromatic N) is 3. The Morgan fingerprint density at radius 1 is 1.39 bits per heavy atom. The molecule has 1 aromatic carbocycles. The predicted molar refractivity (Wildman–Crippen MR) is 89.2 cm³/mol. The second-order valence-electron chi connectivity index (χ2n) is 6.72. The highest BCUT2D eigenvalue weighted by Gasteiger charge is 2.29. The van der Waals surface area contributed by atoms with E-state index in [-0.39, 0.29) is 5.92 Å². The van der Waals surface area contributed by atoms with Crippen molar-refractivity contribution in [3.63, 3.8) is 0 Å². The van der Waals surface area contributed by atoms with Crippen LogP contribution in [0.1, 0.15) is 18.4 Å². The summed E-state index contributed by atoms with van der Waals surface area (Å²) < 4.78 is 0. The lowest BCUT2D eigenvalue weighted by molar-refractivity contribution is -0.142. The van der Waals surface area contributed by atoms with E-state index in [0.717, 1.165) is 36.8 Å². The van der Waals surface area contributed by atoms with Gasteiger partial charge in [-0.25, -0.2) is 0 Å². The number of H-pyrrole nitrogens is 1. The van der Waals surface area contributed by atoms with Crippen LogP contribution in [-0.4, -0.2) is 64.3 Å². The Balaban J connectivity index is 1.77. The molecule has 0 saturated carbocycles. The number of hydrogen-bond donors (Lipinski definition) is 2. The van der Waals surface area contributed by atoms with Gasteiger partial charge in [-0.2, -0.15) is 5.10 Å². The highest BCUT2D eigenvalue weighted by molar-refractivity contribution is 5.78. The van der Waals surface area contributed by atoms with Gasteiger partial charge < -0.3 is 10.0 Å². The standard InChI is InChI=1S/C17H24N4O2/c1-20(2)15-6-5-14(17(22)23)10-21(11-15)9-12-3-4-13-8-18-19-16(13)7-12/h3-4,7-8,14-15H,5-6,9-11H2,1-2H3,(H,18,19)(H,22,23)/t14-,15+/m0/s1. The molecule has 6 heteroatoms.